The van der Waals surface area contributed by atoms with Crippen molar-refractivity contribution in [3.8, 4) is 11.5 Å². The molecule has 2 aromatic carbocycles. The molecule has 0 atom stereocenters. The van der Waals surface area contributed by atoms with Gasteiger partial charge in [0.1, 0.15) is 17.2 Å². The lowest BCUT2D eigenvalue weighted by Crippen LogP contribution is -1.91. The fourth-order valence-corrected chi connectivity index (χ4v) is 1.48. The Morgan fingerprint density at radius 1 is 1.00 bits per heavy atom. The second-order valence-corrected chi connectivity index (χ2v) is 3.71. The van der Waals surface area contributed by atoms with E-state index in [1.807, 2.05) is 0 Å². The molecular formula is C14H14N2O3. The van der Waals surface area contributed by atoms with Crippen LogP contribution >= 0.6 is 0 Å². The van der Waals surface area contributed by atoms with Crippen molar-refractivity contribution in [2.24, 2.45) is 5.11 Å². The second-order valence-electron chi connectivity index (χ2n) is 3.71. The van der Waals surface area contributed by atoms with Crippen molar-refractivity contribution in [3.63, 3.8) is 0 Å². The number of methoxy groups -OCH3 is 2. The zero-order chi connectivity index (χ0) is 14.4. The molecule has 19 heavy (non-hydrogen) atoms. The predicted octanol–water partition coefficient (Wildman–Crippen LogP) is 3.63. The zero-order valence-electron chi connectivity index (χ0n) is 11.4. The van der Waals surface area contributed by atoms with Crippen LogP contribution in [0.1, 0.15) is 1.37 Å². The summed E-state index contributed by atoms with van der Waals surface area (Å²) in [5.41, 5.74) is 0.922. The number of nitrogens with zero attached hydrogens (tertiary/aromatic N) is 2. The zero-order valence-corrected chi connectivity index (χ0v) is 10.4. The molecule has 0 N–H and O–H groups in total. The van der Waals surface area contributed by atoms with Crippen LogP contribution in [0.25, 0.3) is 0 Å². The van der Waals surface area contributed by atoms with Crippen LogP contribution in [0.4, 0.5) is 11.4 Å². The van der Waals surface area contributed by atoms with E-state index in [-0.39, 0.29) is 7.09 Å². The molecule has 0 saturated carbocycles. The summed E-state index contributed by atoms with van der Waals surface area (Å²) < 4.78 is 17.0. The first-order chi connectivity index (χ1) is 9.72. The third kappa shape index (κ3) is 3.22. The van der Waals surface area contributed by atoms with Gasteiger partial charge in [-0.1, -0.05) is 4.86 Å². The summed E-state index contributed by atoms with van der Waals surface area (Å²) in [5.74, 6) is 1.25. The standard InChI is InChI=1S/C14H14N2O3/c1-18-13-7-3-11(4-8-13)15-16(17)12-5-9-14(19-2)10-6-12/h3-10H,1-2H3/i2D. The summed E-state index contributed by atoms with van der Waals surface area (Å²) in [4.78, 5) is 0.534. The molecule has 0 aliphatic carbocycles. The Balaban J connectivity index is 2.16. The van der Waals surface area contributed by atoms with E-state index in [9.17, 15) is 5.21 Å². The van der Waals surface area contributed by atoms with E-state index < -0.39 is 0 Å². The molecule has 0 heterocycles. The molecule has 0 amide bonds. The summed E-state index contributed by atoms with van der Waals surface area (Å²) in [5, 5.41) is 15.8. The first kappa shape index (κ1) is 11.5. The Morgan fingerprint density at radius 2 is 1.58 bits per heavy atom. The van der Waals surface area contributed by atoms with Gasteiger partial charge in [0.25, 0.3) is 0 Å². The van der Waals surface area contributed by atoms with Gasteiger partial charge >= 0.3 is 0 Å². The molecule has 0 spiro atoms. The van der Waals surface area contributed by atoms with Crippen molar-refractivity contribution in [2.75, 3.05) is 14.2 Å². The largest absolute Gasteiger partial charge is 0.594 e. The van der Waals surface area contributed by atoms with Crippen LogP contribution in [0.2, 0.25) is 0 Å². The highest BCUT2D eigenvalue weighted by Crippen LogP contribution is 2.22. The first-order valence-electron chi connectivity index (χ1n) is 6.28. The van der Waals surface area contributed by atoms with Crippen LogP contribution in [-0.2, 0) is 0 Å². The average molecular weight is 259 g/mol. The van der Waals surface area contributed by atoms with Gasteiger partial charge in [0.2, 0.25) is 5.69 Å². The number of hydrogen-bond donors (Lipinski definition) is 0. The Bertz CT molecular complexity index is 582. The lowest BCUT2D eigenvalue weighted by Gasteiger charge is -2.02. The molecule has 0 bridgehead atoms. The van der Waals surface area contributed by atoms with Crippen LogP contribution in [0.15, 0.2) is 53.6 Å². The Labute approximate surface area is 112 Å². The molecule has 0 aromatic heterocycles. The van der Waals surface area contributed by atoms with E-state index in [4.69, 9.17) is 10.8 Å². The van der Waals surface area contributed by atoms with Crippen molar-refractivity contribution in [2.45, 2.75) is 0 Å². The minimum atomic E-state index is -0.156. The van der Waals surface area contributed by atoms with E-state index >= 15 is 0 Å². The molecular weight excluding hydrogens is 244 g/mol. The monoisotopic (exact) mass is 259 g/mol. The maximum absolute atomic E-state index is 11.9. The van der Waals surface area contributed by atoms with Gasteiger partial charge in [0, 0.05) is 17.2 Å². The van der Waals surface area contributed by atoms with Crippen molar-refractivity contribution in [3.05, 3.63) is 53.7 Å². The predicted molar refractivity (Wildman–Crippen MR) is 71.4 cm³/mol. The Morgan fingerprint density at radius 3 is 2.16 bits per heavy atom. The first-order valence-corrected chi connectivity index (χ1v) is 5.58. The lowest BCUT2D eigenvalue weighted by molar-refractivity contribution is -0.435. The van der Waals surface area contributed by atoms with Gasteiger partial charge in [-0.3, -0.25) is 0 Å². The Hall–Kier alpha value is -2.56. The number of ether oxygens (including phenoxy) is 2. The van der Waals surface area contributed by atoms with E-state index in [0.717, 1.165) is 0 Å². The maximum Gasteiger partial charge on any atom is 0.245 e. The van der Waals surface area contributed by atoms with Gasteiger partial charge in [0.15, 0.2) is 0 Å². The second kappa shape index (κ2) is 5.86. The number of hydrogen-bond acceptors (Lipinski definition) is 4. The van der Waals surface area contributed by atoms with Gasteiger partial charge < -0.3 is 14.7 Å². The van der Waals surface area contributed by atoms with E-state index in [0.29, 0.717) is 27.7 Å². The quantitative estimate of drug-likeness (QED) is 0.478. The van der Waals surface area contributed by atoms with E-state index in [1.54, 1.807) is 55.6 Å². The molecule has 5 nitrogen and oxygen atoms in total. The van der Waals surface area contributed by atoms with Crippen LogP contribution in [0, 0.1) is 5.21 Å². The van der Waals surface area contributed by atoms with Crippen molar-refractivity contribution in [1.29, 1.82) is 0 Å². The van der Waals surface area contributed by atoms with E-state index in [2.05, 4.69) is 5.11 Å². The summed E-state index contributed by atoms with van der Waals surface area (Å²) in [7, 11) is 1.42. The lowest BCUT2D eigenvalue weighted by atomic mass is 10.3. The highest BCUT2D eigenvalue weighted by Gasteiger charge is 2.04. The van der Waals surface area contributed by atoms with Gasteiger partial charge in [-0.2, -0.15) is 0 Å². The van der Waals surface area contributed by atoms with Crippen LogP contribution in [0.5, 0.6) is 11.5 Å². The summed E-state index contributed by atoms with van der Waals surface area (Å²) in [6.07, 6.45) is 0. The normalized spacial score (nSPS) is 11.8. The third-order valence-electron chi connectivity index (χ3n) is 2.50. The molecule has 0 aliphatic rings. The van der Waals surface area contributed by atoms with Crippen LogP contribution in [0.3, 0.4) is 0 Å². The van der Waals surface area contributed by atoms with Gasteiger partial charge in [-0.25, -0.2) is 0 Å². The van der Waals surface area contributed by atoms with Crippen molar-refractivity contribution in [1.82, 2.24) is 0 Å². The minimum absolute atomic E-state index is 0.156. The molecule has 0 radical (unpaired) electrons. The summed E-state index contributed by atoms with van der Waals surface area (Å²) >= 11 is 0. The fourth-order valence-electron chi connectivity index (χ4n) is 1.48. The molecule has 0 aliphatic heterocycles. The van der Waals surface area contributed by atoms with Crippen LogP contribution < -0.4 is 9.47 Å². The summed E-state index contributed by atoms with van der Waals surface area (Å²) in [6, 6.07) is 13.3. The third-order valence-corrected chi connectivity index (χ3v) is 2.50. The molecule has 2 aromatic rings. The van der Waals surface area contributed by atoms with E-state index in [1.165, 1.54) is 0 Å². The molecule has 0 saturated heterocycles. The maximum atomic E-state index is 11.9. The van der Waals surface area contributed by atoms with Crippen molar-refractivity contribution >= 4 is 11.4 Å². The highest BCUT2D eigenvalue weighted by molar-refractivity contribution is 5.41. The molecule has 0 fully saturated rings. The van der Waals surface area contributed by atoms with Crippen LogP contribution in [-0.4, -0.2) is 19.1 Å². The molecule has 98 valence electrons. The summed E-state index contributed by atoms with van der Waals surface area (Å²) in [6.45, 7) is 0. The Kier molecular flexibility index (Phi) is 3.55. The number of benzene rings is 2. The number of rotatable bonds is 4. The topological polar surface area (TPSA) is 56.9 Å². The van der Waals surface area contributed by atoms with Gasteiger partial charge in [-0.15, -0.1) is 0 Å². The fraction of sp³-hybridized carbons (Fsp3) is 0.143. The number of azo groups is 1. The van der Waals surface area contributed by atoms with Gasteiger partial charge in [0.05, 0.1) is 15.6 Å². The van der Waals surface area contributed by atoms with Crippen molar-refractivity contribution < 1.29 is 15.7 Å². The highest BCUT2D eigenvalue weighted by atomic mass is 16.5. The average Bonchev–Trinajstić information content (AvgIpc) is 2.49. The molecule has 2 rings (SSSR count). The minimum Gasteiger partial charge on any atom is -0.594 e. The molecule has 5 heteroatoms. The smallest absolute Gasteiger partial charge is 0.245 e. The van der Waals surface area contributed by atoms with Gasteiger partial charge in [-0.05, 0) is 36.4 Å². The molecule has 0 unspecified atom stereocenters. The SMILES string of the molecule is [2H]COc1ccc([N+]([O-])=Nc2ccc(OC)cc2)cc1.